The van der Waals surface area contributed by atoms with E-state index in [1.54, 1.807) is 0 Å². The number of hydrogen-bond donors (Lipinski definition) is 1. The molecule has 3 rings (SSSR count). The van der Waals surface area contributed by atoms with Gasteiger partial charge in [-0.2, -0.15) is 0 Å². The molecule has 1 heteroatoms. The van der Waals surface area contributed by atoms with Crippen LogP contribution < -0.4 is 0 Å². The number of hydrogen-bond acceptors (Lipinski definition) is 1. The van der Waals surface area contributed by atoms with E-state index in [0.29, 0.717) is 0 Å². The second kappa shape index (κ2) is 5.28. The summed E-state index contributed by atoms with van der Waals surface area (Å²) >= 11 is 0. The minimum Gasteiger partial charge on any atom is -0.385 e. The van der Waals surface area contributed by atoms with E-state index in [0.717, 1.165) is 31.1 Å². The molecule has 2 aliphatic rings. The van der Waals surface area contributed by atoms with Gasteiger partial charge in [-0.05, 0) is 67.9 Å². The highest BCUT2D eigenvalue weighted by molar-refractivity contribution is 5.29. The molecular formula is C18H26O. The van der Waals surface area contributed by atoms with Gasteiger partial charge in [-0.25, -0.2) is 0 Å². The fourth-order valence-corrected chi connectivity index (χ4v) is 3.83. The summed E-state index contributed by atoms with van der Waals surface area (Å²) in [4.78, 5) is 0. The standard InChI is InChI=1S/C18H26O/c1-2-5-14-6-3-8-17(12-14)18(19)11-4-7-16(13-18)15-9-10-15/h3,6,8,12,15-16,19H,2,4-5,7,9-11,13H2,1H3. The quantitative estimate of drug-likeness (QED) is 0.847. The van der Waals surface area contributed by atoms with E-state index in [4.69, 9.17) is 0 Å². The van der Waals surface area contributed by atoms with Gasteiger partial charge in [-0.3, -0.25) is 0 Å². The van der Waals surface area contributed by atoms with Crippen LogP contribution in [0.4, 0.5) is 0 Å². The molecule has 2 atom stereocenters. The van der Waals surface area contributed by atoms with Crippen molar-refractivity contribution in [2.24, 2.45) is 11.8 Å². The van der Waals surface area contributed by atoms with Crippen LogP contribution in [0, 0.1) is 11.8 Å². The molecule has 19 heavy (non-hydrogen) atoms. The lowest BCUT2D eigenvalue weighted by atomic mass is 9.72. The molecule has 0 aromatic heterocycles. The average molecular weight is 258 g/mol. The maximum atomic E-state index is 11.1. The van der Waals surface area contributed by atoms with Crippen molar-refractivity contribution in [1.29, 1.82) is 0 Å². The van der Waals surface area contributed by atoms with Crippen molar-refractivity contribution in [3.8, 4) is 0 Å². The number of aliphatic hydroxyl groups is 1. The van der Waals surface area contributed by atoms with Crippen molar-refractivity contribution in [3.63, 3.8) is 0 Å². The van der Waals surface area contributed by atoms with Gasteiger partial charge in [0.25, 0.3) is 0 Å². The van der Waals surface area contributed by atoms with Crippen molar-refractivity contribution in [2.75, 3.05) is 0 Å². The average Bonchev–Trinajstić information content (AvgIpc) is 3.24. The Morgan fingerprint density at radius 1 is 1.21 bits per heavy atom. The zero-order valence-electron chi connectivity index (χ0n) is 12.1. The summed E-state index contributed by atoms with van der Waals surface area (Å²) in [6.45, 7) is 2.21. The second-order valence-electron chi connectivity index (χ2n) is 6.68. The zero-order valence-corrected chi connectivity index (χ0v) is 12.1. The molecule has 0 radical (unpaired) electrons. The van der Waals surface area contributed by atoms with Crippen LogP contribution >= 0.6 is 0 Å². The Morgan fingerprint density at radius 3 is 2.79 bits per heavy atom. The fraction of sp³-hybridized carbons (Fsp3) is 0.667. The van der Waals surface area contributed by atoms with Gasteiger partial charge in [0, 0.05) is 0 Å². The number of rotatable bonds is 4. The maximum absolute atomic E-state index is 11.1. The van der Waals surface area contributed by atoms with Crippen LogP contribution in [0.2, 0.25) is 0 Å². The Labute approximate surface area is 117 Å². The van der Waals surface area contributed by atoms with Crippen LogP contribution in [-0.2, 0) is 12.0 Å². The van der Waals surface area contributed by atoms with E-state index in [1.807, 2.05) is 0 Å². The first-order valence-electron chi connectivity index (χ1n) is 8.03. The molecular weight excluding hydrogens is 232 g/mol. The topological polar surface area (TPSA) is 20.2 Å². The lowest BCUT2D eigenvalue weighted by Gasteiger charge is -2.37. The van der Waals surface area contributed by atoms with Crippen LogP contribution in [-0.4, -0.2) is 5.11 Å². The molecule has 0 aliphatic heterocycles. The molecule has 0 spiro atoms. The van der Waals surface area contributed by atoms with Gasteiger partial charge >= 0.3 is 0 Å². The van der Waals surface area contributed by atoms with Crippen molar-refractivity contribution in [1.82, 2.24) is 0 Å². The molecule has 1 N–H and O–H groups in total. The van der Waals surface area contributed by atoms with E-state index in [9.17, 15) is 5.11 Å². The summed E-state index contributed by atoms with van der Waals surface area (Å²) in [5, 5.41) is 11.1. The SMILES string of the molecule is CCCc1cccc(C2(O)CCCC(C3CC3)C2)c1. The molecule has 2 saturated carbocycles. The molecule has 1 aromatic carbocycles. The summed E-state index contributed by atoms with van der Waals surface area (Å²) in [6.07, 6.45) is 9.56. The zero-order chi connectivity index (χ0) is 13.3. The van der Waals surface area contributed by atoms with Crippen LogP contribution in [0.25, 0.3) is 0 Å². The minimum absolute atomic E-state index is 0.546. The first kappa shape index (κ1) is 13.2. The third-order valence-corrected chi connectivity index (χ3v) is 5.06. The lowest BCUT2D eigenvalue weighted by Crippen LogP contribution is -2.33. The van der Waals surface area contributed by atoms with Crippen LogP contribution in [0.5, 0.6) is 0 Å². The van der Waals surface area contributed by atoms with Gasteiger partial charge in [0.1, 0.15) is 0 Å². The first-order valence-corrected chi connectivity index (χ1v) is 8.03. The number of aryl methyl sites for hydroxylation is 1. The van der Waals surface area contributed by atoms with Crippen molar-refractivity contribution >= 4 is 0 Å². The molecule has 0 bridgehead atoms. The Hall–Kier alpha value is -0.820. The van der Waals surface area contributed by atoms with E-state index in [-0.39, 0.29) is 0 Å². The highest BCUT2D eigenvalue weighted by Crippen LogP contribution is 2.49. The third kappa shape index (κ3) is 2.86. The molecule has 0 heterocycles. The Bertz CT molecular complexity index is 435. The van der Waals surface area contributed by atoms with Crippen LogP contribution in [0.15, 0.2) is 24.3 Å². The highest BCUT2D eigenvalue weighted by Gasteiger charge is 2.41. The molecule has 2 fully saturated rings. The van der Waals surface area contributed by atoms with Crippen LogP contribution in [0.1, 0.15) is 63.0 Å². The maximum Gasteiger partial charge on any atom is 0.0899 e. The lowest BCUT2D eigenvalue weighted by molar-refractivity contribution is -0.0251. The van der Waals surface area contributed by atoms with Gasteiger partial charge in [0.05, 0.1) is 5.60 Å². The molecule has 1 nitrogen and oxygen atoms in total. The molecule has 2 unspecified atom stereocenters. The van der Waals surface area contributed by atoms with Gasteiger partial charge in [0.2, 0.25) is 0 Å². The fourth-order valence-electron chi connectivity index (χ4n) is 3.83. The van der Waals surface area contributed by atoms with Gasteiger partial charge < -0.3 is 5.11 Å². The van der Waals surface area contributed by atoms with Crippen molar-refractivity contribution in [2.45, 2.75) is 63.9 Å². The Kier molecular flexibility index (Phi) is 3.66. The summed E-state index contributed by atoms with van der Waals surface area (Å²) in [5.41, 5.74) is 2.00. The smallest absolute Gasteiger partial charge is 0.0899 e. The predicted octanol–water partition coefficient (Wildman–Crippen LogP) is 4.43. The van der Waals surface area contributed by atoms with Crippen molar-refractivity contribution in [3.05, 3.63) is 35.4 Å². The van der Waals surface area contributed by atoms with Crippen LogP contribution in [0.3, 0.4) is 0 Å². The molecule has 2 aliphatic carbocycles. The molecule has 104 valence electrons. The molecule has 0 amide bonds. The van der Waals surface area contributed by atoms with E-state index >= 15 is 0 Å². The van der Waals surface area contributed by atoms with Gasteiger partial charge in [0.15, 0.2) is 0 Å². The minimum atomic E-state index is -0.546. The third-order valence-electron chi connectivity index (χ3n) is 5.06. The summed E-state index contributed by atoms with van der Waals surface area (Å²) in [6, 6.07) is 8.70. The highest BCUT2D eigenvalue weighted by atomic mass is 16.3. The molecule has 0 saturated heterocycles. The van der Waals surface area contributed by atoms with Crippen molar-refractivity contribution < 1.29 is 5.11 Å². The normalized spacial score (nSPS) is 31.4. The number of benzene rings is 1. The summed E-state index contributed by atoms with van der Waals surface area (Å²) in [5.74, 6) is 1.69. The first-order chi connectivity index (χ1) is 9.21. The van der Waals surface area contributed by atoms with E-state index in [1.165, 1.54) is 43.2 Å². The predicted molar refractivity (Wildman–Crippen MR) is 79.0 cm³/mol. The monoisotopic (exact) mass is 258 g/mol. The Balaban J connectivity index is 1.80. The second-order valence-corrected chi connectivity index (χ2v) is 6.68. The summed E-state index contributed by atoms with van der Waals surface area (Å²) < 4.78 is 0. The van der Waals surface area contributed by atoms with Gasteiger partial charge in [-0.15, -0.1) is 0 Å². The van der Waals surface area contributed by atoms with E-state index in [2.05, 4.69) is 31.2 Å². The molecule has 1 aromatic rings. The largest absolute Gasteiger partial charge is 0.385 e. The van der Waals surface area contributed by atoms with Gasteiger partial charge in [-0.1, -0.05) is 37.6 Å². The summed E-state index contributed by atoms with van der Waals surface area (Å²) in [7, 11) is 0. The van der Waals surface area contributed by atoms with E-state index < -0.39 is 5.60 Å². The Morgan fingerprint density at radius 2 is 2.05 bits per heavy atom.